The Labute approximate surface area is 25.3 Å². The molecule has 0 aliphatic heterocycles. The number of hydrogen-bond acceptors (Lipinski definition) is 1. The van der Waals surface area contributed by atoms with Gasteiger partial charge in [0.25, 0.3) is 0 Å². The van der Waals surface area contributed by atoms with Crippen molar-refractivity contribution in [2.45, 2.75) is 0 Å². The predicted molar refractivity (Wildman–Crippen MR) is 17.5 cm³/mol. The molecule has 0 amide bonds. The van der Waals surface area contributed by atoms with Crippen molar-refractivity contribution in [1.29, 1.82) is 0 Å². The van der Waals surface area contributed by atoms with Crippen molar-refractivity contribution < 1.29 is 0 Å². The summed E-state index contributed by atoms with van der Waals surface area (Å²) in [6.45, 7) is 0. The zero-order chi connectivity index (χ0) is 3.41. The highest BCUT2D eigenvalue weighted by molar-refractivity contribution is 5.49. The highest BCUT2D eigenvalue weighted by Gasteiger charge is 1.32. The van der Waals surface area contributed by atoms with E-state index < -0.39 is 0 Å². The van der Waals surface area contributed by atoms with Crippen molar-refractivity contribution >= 4 is 6.34 Å². The monoisotopic (exact) mass is 57.0 g/mol. The first-order valence-corrected chi connectivity index (χ1v) is 0.994. The molecular weight excluding hydrogens is 52.0 g/mol. The summed E-state index contributed by atoms with van der Waals surface area (Å²) in [7, 11) is 1.56. The van der Waals surface area contributed by atoms with E-state index >= 15 is 0 Å². The van der Waals surface area contributed by atoms with E-state index in [1.807, 2.05) is 0 Å². The predicted octanol–water partition coefficient (Wildman–Crippen LogP) is -0.0726. The summed E-state index contributed by atoms with van der Waals surface area (Å²) in [5, 5.41) is 0. The van der Waals surface area contributed by atoms with Gasteiger partial charge >= 0.3 is 0 Å². The van der Waals surface area contributed by atoms with Gasteiger partial charge in [0.15, 0.2) is 0 Å². The maximum absolute atomic E-state index is 6.16. The van der Waals surface area contributed by atoms with Crippen molar-refractivity contribution in [3.63, 3.8) is 0 Å². The van der Waals surface area contributed by atoms with Gasteiger partial charge in [-0.2, -0.15) is 0 Å². The zero-order valence-corrected chi connectivity index (χ0v) is 2.52. The Morgan fingerprint density at radius 3 is 2.25 bits per heavy atom. The Morgan fingerprint density at radius 2 is 2.25 bits per heavy atom. The molecular formula is C2H5N2. The summed E-state index contributed by atoms with van der Waals surface area (Å²) in [5.41, 5.74) is 6.16. The summed E-state index contributed by atoms with van der Waals surface area (Å²) >= 11 is 0. The molecule has 1 radical (unpaired) electrons. The molecule has 0 fully saturated rings. The topological polar surface area (TPSA) is 36.2 Å². The lowest BCUT2D eigenvalue weighted by Gasteiger charge is -1.53. The maximum atomic E-state index is 6.16. The second-order valence-electron chi connectivity index (χ2n) is 0.387. The van der Waals surface area contributed by atoms with E-state index in [0.29, 0.717) is 0 Å². The smallest absolute Gasteiger partial charge is 0.101 e. The van der Waals surface area contributed by atoms with Crippen LogP contribution in [0, 0.1) is 0 Å². The highest BCUT2D eigenvalue weighted by atomic mass is 14.7. The van der Waals surface area contributed by atoms with Crippen LogP contribution >= 0.6 is 0 Å². The molecule has 0 aromatic carbocycles. The molecule has 0 saturated heterocycles. The maximum Gasteiger partial charge on any atom is 0.101 e. The lowest BCUT2D eigenvalue weighted by atomic mass is 11.3. The van der Waals surface area contributed by atoms with Crippen molar-refractivity contribution in [2.24, 2.45) is 4.99 Å². The van der Waals surface area contributed by atoms with E-state index in [-0.39, 0.29) is 0 Å². The van der Waals surface area contributed by atoms with E-state index in [1.54, 1.807) is 7.05 Å². The quantitative estimate of drug-likeness (QED) is 0.275. The number of nitrogens with one attached hydrogen (secondary N) is 1. The SMILES string of the molecule is CN=C[NH]. The lowest BCUT2D eigenvalue weighted by molar-refractivity contribution is 1.44. The van der Waals surface area contributed by atoms with E-state index in [0.717, 1.165) is 6.34 Å². The van der Waals surface area contributed by atoms with Gasteiger partial charge in [0, 0.05) is 7.05 Å². The van der Waals surface area contributed by atoms with Crippen LogP contribution < -0.4 is 5.73 Å². The molecule has 1 N–H and O–H groups in total. The molecule has 0 saturated carbocycles. The van der Waals surface area contributed by atoms with Crippen LogP contribution in [0.5, 0.6) is 0 Å². The first kappa shape index (κ1) is 3.47. The van der Waals surface area contributed by atoms with Crippen LogP contribution in [0.1, 0.15) is 0 Å². The van der Waals surface area contributed by atoms with Crippen LogP contribution in [0.25, 0.3) is 0 Å². The van der Waals surface area contributed by atoms with E-state index in [2.05, 4.69) is 4.99 Å². The summed E-state index contributed by atoms with van der Waals surface area (Å²) in [4.78, 5) is 3.28. The van der Waals surface area contributed by atoms with Crippen molar-refractivity contribution in [3.8, 4) is 0 Å². The molecule has 0 aliphatic rings. The van der Waals surface area contributed by atoms with Crippen LogP contribution in [-0.2, 0) is 0 Å². The highest BCUT2D eigenvalue weighted by Crippen LogP contribution is 1.32. The molecule has 0 bridgehead atoms. The third-order valence-corrected chi connectivity index (χ3v) is 0.129. The first-order valence-electron chi connectivity index (χ1n) is 0.994. The van der Waals surface area contributed by atoms with Gasteiger partial charge in [-0.05, 0) is 0 Å². The molecule has 2 heteroatoms. The van der Waals surface area contributed by atoms with Crippen LogP contribution in [0.2, 0.25) is 0 Å². The first-order chi connectivity index (χ1) is 1.91. The van der Waals surface area contributed by atoms with Gasteiger partial charge in [0.2, 0.25) is 0 Å². The molecule has 0 heterocycles. The van der Waals surface area contributed by atoms with Gasteiger partial charge in [-0.3, -0.25) is 10.7 Å². The van der Waals surface area contributed by atoms with Crippen molar-refractivity contribution in [1.82, 2.24) is 5.73 Å². The van der Waals surface area contributed by atoms with E-state index in [1.165, 1.54) is 0 Å². The minimum Gasteiger partial charge on any atom is -0.290 e. The van der Waals surface area contributed by atoms with Crippen LogP contribution in [0.15, 0.2) is 4.99 Å². The molecule has 0 rings (SSSR count). The summed E-state index contributed by atoms with van der Waals surface area (Å²) in [6.07, 6.45) is 1.00. The number of aliphatic imine (C=N–C) groups is 1. The average molecular weight is 57.1 g/mol. The summed E-state index contributed by atoms with van der Waals surface area (Å²) in [6, 6.07) is 0. The normalized spacial score (nSPS) is 9.25. The molecule has 0 atom stereocenters. The van der Waals surface area contributed by atoms with Crippen molar-refractivity contribution in [3.05, 3.63) is 0 Å². The number of hydrogen-bond donors (Lipinski definition) is 0. The van der Waals surface area contributed by atoms with Crippen molar-refractivity contribution in [2.75, 3.05) is 7.05 Å². The van der Waals surface area contributed by atoms with Gasteiger partial charge in [0.1, 0.15) is 6.34 Å². The minimum atomic E-state index is 1.00. The molecule has 0 unspecified atom stereocenters. The summed E-state index contributed by atoms with van der Waals surface area (Å²) in [5.74, 6) is 0. The molecule has 0 aromatic heterocycles. The Bertz CT molecular complexity index is 19.2. The lowest BCUT2D eigenvalue weighted by Crippen LogP contribution is -1.62. The minimum absolute atomic E-state index is 1.00. The third-order valence-electron chi connectivity index (χ3n) is 0.129. The molecule has 4 heavy (non-hydrogen) atoms. The van der Waals surface area contributed by atoms with Gasteiger partial charge < -0.3 is 0 Å². The fraction of sp³-hybridized carbons (Fsp3) is 0.500. The fourth-order valence-electron chi connectivity index (χ4n) is 0. The van der Waals surface area contributed by atoms with Gasteiger partial charge in [-0.15, -0.1) is 0 Å². The Hall–Kier alpha value is -0.530. The molecule has 23 valence electrons. The van der Waals surface area contributed by atoms with Crippen LogP contribution in [-0.4, -0.2) is 13.4 Å². The van der Waals surface area contributed by atoms with E-state index in [4.69, 9.17) is 5.73 Å². The second kappa shape index (κ2) is 2.47. The largest absolute Gasteiger partial charge is 0.290 e. The van der Waals surface area contributed by atoms with Crippen LogP contribution in [0.3, 0.4) is 0 Å². The number of nitrogens with zero attached hydrogens (tertiary/aromatic N) is 1. The zero-order valence-electron chi connectivity index (χ0n) is 2.52. The fourth-order valence-corrected chi connectivity index (χ4v) is 0. The van der Waals surface area contributed by atoms with Gasteiger partial charge in [-0.25, -0.2) is 0 Å². The average Bonchev–Trinajstić information content (AvgIpc) is 1.37. The van der Waals surface area contributed by atoms with E-state index in [9.17, 15) is 0 Å². The molecule has 0 spiro atoms. The Balaban J connectivity index is 2.55. The Kier molecular flexibility index (Phi) is 2.14. The second-order valence-corrected chi connectivity index (χ2v) is 0.387. The van der Waals surface area contributed by atoms with Gasteiger partial charge in [-0.1, -0.05) is 0 Å². The third kappa shape index (κ3) is 1.47. The molecule has 2 nitrogen and oxygen atoms in total. The Morgan fingerprint density at radius 1 is 2.00 bits per heavy atom. The molecule has 0 aliphatic carbocycles. The van der Waals surface area contributed by atoms with Gasteiger partial charge in [0.05, 0.1) is 0 Å². The number of rotatable bonds is 0. The standard InChI is InChI=1S/C2H5N2/c1-4-2-3/h2-3H,1H3. The molecule has 0 aromatic rings. The van der Waals surface area contributed by atoms with Crippen LogP contribution in [0.4, 0.5) is 0 Å². The summed E-state index contributed by atoms with van der Waals surface area (Å²) < 4.78 is 0.